The van der Waals surface area contributed by atoms with E-state index in [1.165, 1.54) is 6.07 Å². The molecule has 0 unspecified atom stereocenters. The highest BCUT2D eigenvalue weighted by Crippen LogP contribution is 2.15. The third-order valence-electron chi connectivity index (χ3n) is 4.00. The molecule has 5 nitrogen and oxygen atoms in total. The predicted octanol–water partition coefficient (Wildman–Crippen LogP) is 1.95. The van der Waals surface area contributed by atoms with Gasteiger partial charge in [-0.15, -0.1) is 5.10 Å². The number of nitrogens with zero attached hydrogens (tertiary/aromatic N) is 4. The van der Waals surface area contributed by atoms with Crippen LogP contribution in [0.2, 0.25) is 0 Å². The first-order chi connectivity index (χ1) is 11.2. The number of hydrogen-bond acceptors (Lipinski definition) is 5. The molecule has 6 heteroatoms. The molecule has 2 aromatic rings. The van der Waals surface area contributed by atoms with Crippen molar-refractivity contribution < 1.29 is 9.13 Å². The Balaban J connectivity index is 1.57. The molecule has 1 aliphatic rings. The molecule has 122 valence electrons. The number of benzene rings is 1. The first-order valence-corrected chi connectivity index (χ1v) is 7.78. The second-order valence-corrected chi connectivity index (χ2v) is 5.78. The van der Waals surface area contributed by atoms with Crippen molar-refractivity contribution >= 4 is 5.82 Å². The van der Waals surface area contributed by atoms with Crippen molar-refractivity contribution in [2.45, 2.75) is 12.6 Å². The molecule has 0 spiro atoms. The van der Waals surface area contributed by atoms with E-state index in [0.717, 1.165) is 31.0 Å². The van der Waals surface area contributed by atoms with Crippen LogP contribution in [-0.4, -0.2) is 54.5 Å². The number of halogens is 1. The van der Waals surface area contributed by atoms with E-state index in [9.17, 15) is 4.39 Å². The summed E-state index contributed by atoms with van der Waals surface area (Å²) in [6, 6.07) is 10.7. The molecule has 1 aromatic carbocycles. The quantitative estimate of drug-likeness (QED) is 0.843. The van der Waals surface area contributed by atoms with E-state index in [4.69, 9.17) is 4.74 Å². The largest absolute Gasteiger partial charge is 0.374 e. The summed E-state index contributed by atoms with van der Waals surface area (Å²) in [4.78, 5) is 4.27. The highest BCUT2D eigenvalue weighted by atomic mass is 19.1. The normalized spacial score (nSPS) is 18.8. The Labute approximate surface area is 135 Å². The summed E-state index contributed by atoms with van der Waals surface area (Å²) in [6.45, 7) is 3.60. The zero-order valence-electron chi connectivity index (χ0n) is 13.2. The molecule has 0 radical (unpaired) electrons. The van der Waals surface area contributed by atoms with E-state index >= 15 is 0 Å². The van der Waals surface area contributed by atoms with Crippen molar-refractivity contribution in [3.63, 3.8) is 0 Å². The first-order valence-electron chi connectivity index (χ1n) is 7.78. The average Bonchev–Trinajstić information content (AvgIpc) is 2.58. The summed E-state index contributed by atoms with van der Waals surface area (Å²) in [5, 5.41) is 7.99. The van der Waals surface area contributed by atoms with Gasteiger partial charge >= 0.3 is 0 Å². The highest BCUT2D eigenvalue weighted by molar-refractivity contribution is 5.35. The molecule has 1 saturated heterocycles. The van der Waals surface area contributed by atoms with E-state index < -0.39 is 0 Å². The van der Waals surface area contributed by atoms with Crippen LogP contribution in [0.4, 0.5) is 10.2 Å². The lowest BCUT2D eigenvalue weighted by atomic mass is 10.1. The SMILES string of the molecule is CN(C[C@H]1CN(Cc2ccccc2F)CCO1)c1cccnn1. The van der Waals surface area contributed by atoms with Gasteiger partial charge in [-0.3, -0.25) is 4.90 Å². The maximum absolute atomic E-state index is 13.8. The molecular formula is C17H21FN4O. The molecule has 0 amide bonds. The Morgan fingerprint density at radius 3 is 2.96 bits per heavy atom. The third-order valence-corrected chi connectivity index (χ3v) is 4.00. The van der Waals surface area contributed by atoms with Crippen molar-refractivity contribution in [1.82, 2.24) is 15.1 Å². The van der Waals surface area contributed by atoms with Gasteiger partial charge in [0.2, 0.25) is 0 Å². The third kappa shape index (κ3) is 4.24. The van der Waals surface area contributed by atoms with Crippen LogP contribution >= 0.6 is 0 Å². The molecule has 2 heterocycles. The smallest absolute Gasteiger partial charge is 0.151 e. The van der Waals surface area contributed by atoms with Crippen LogP contribution in [0.1, 0.15) is 5.56 Å². The summed E-state index contributed by atoms with van der Waals surface area (Å²) in [5.41, 5.74) is 0.732. The van der Waals surface area contributed by atoms with Crippen LogP contribution in [0.25, 0.3) is 0 Å². The summed E-state index contributed by atoms with van der Waals surface area (Å²) in [7, 11) is 1.98. The van der Waals surface area contributed by atoms with Crippen molar-refractivity contribution in [1.29, 1.82) is 0 Å². The van der Waals surface area contributed by atoms with Crippen LogP contribution in [0, 0.1) is 5.82 Å². The molecule has 0 N–H and O–H groups in total. The van der Waals surface area contributed by atoms with Crippen molar-refractivity contribution in [2.75, 3.05) is 38.2 Å². The van der Waals surface area contributed by atoms with E-state index in [-0.39, 0.29) is 11.9 Å². The average molecular weight is 316 g/mol. The number of ether oxygens (including phenoxy) is 1. The van der Waals surface area contributed by atoms with Gasteiger partial charge in [0.1, 0.15) is 5.82 Å². The van der Waals surface area contributed by atoms with Gasteiger partial charge in [0.05, 0.1) is 12.7 Å². The van der Waals surface area contributed by atoms with Gasteiger partial charge in [0, 0.05) is 45.0 Å². The topological polar surface area (TPSA) is 41.5 Å². The predicted molar refractivity (Wildman–Crippen MR) is 86.7 cm³/mol. The van der Waals surface area contributed by atoms with Gasteiger partial charge in [-0.2, -0.15) is 5.10 Å². The molecule has 1 atom stereocenters. The summed E-state index contributed by atoms with van der Waals surface area (Å²) >= 11 is 0. The number of anilines is 1. The van der Waals surface area contributed by atoms with Gasteiger partial charge in [0.25, 0.3) is 0 Å². The van der Waals surface area contributed by atoms with Crippen molar-refractivity contribution in [2.24, 2.45) is 0 Å². The Kier molecular flexibility index (Phi) is 5.15. The fourth-order valence-corrected chi connectivity index (χ4v) is 2.80. The standard InChI is InChI=1S/C17H21FN4O/c1-21(17-7-4-8-19-20-17)12-15-13-22(9-10-23-15)11-14-5-2-3-6-16(14)18/h2-8,15H,9-13H2,1H3/t15-/m0/s1. The minimum absolute atomic E-state index is 0.0718. The van der Waals surface area contributed by atoms with Gasteiger partial charge < -0.3 is 9.64 Å². The molecule has 1 fully saturated rings. The Morgan fingerprint density at radius 1 is 1.30 bits per heavy atom. The molecule has 1 aromatic heterocycles. The van der Waals surface area contributed by atoms with Gasteiger partial charge in [-0.1, -0.05) is 18.2 Å². The number of aromatic nitrogens is 2. The molecule has 1 aliphatic heterocycles. The maximum atomic E-state index is 13.8. The molecule has 23 heavy (non-hydrogen) atoms. The lowest BCUT2D eigenvalue weighted by Gasteiger charge is -2.35. The fourth-order valence-electron chi connectivity index (χ4n) is 2.80. The molecular weight excluding hydrogens is 295 g/mol. The fraction of sp³-hybridized carbons (Fsp3) is 0.412. The van der Waals surface area contributed by atoms with Crippen LogP contribution in [-0.2, 0) is 11.3 Å². The van der Waals surface area contributed by atoms with Crippen molar-refractivity contribution in [3.05, 3.63) is 54.0 Å². The minimum Gasteiger partial charge on any atom is -0.374 e. The molecule has 0 saturated carbocycles. The Bertz CT molecular complexity index is 625. The second kappa shape index (κ2) is 7.48. The monoisotopic (exact) mass is 316 g/mol. The van der Waals surface area contributed by atoms with E-state index in [0.29, 0.717) is 13.2 Å². The van der Waals surface area contributed by atoms with Crippen molar-refractivity contribution in [3.8, 4) is 0 Å². The van der Waals surface area contributed by atoms with Crippen LogP contribution < -0.4 is 4.90 Å². The van der Waals surface area contributed by atoms with Gasteiger partial charge in [0.15, 0.2) is 5.82 Å². The lowest BCUT2D eigenvalue weighted by Crippen LogP contribution is -2.46. The molecule has 0 bridgehead atoms. The van der Waals surface area contributed by atoms with Gasteiger partial charge in [-0.25, -0.2) is 4.39 Å². The Morgan fingerprint density at radius 2 is 2.17 bits per heavy atom. The molecule has 3 rings (SSSR count). The maximum Gasteiger partial charge on any atom is 0.151 e. The lowest BCUT2D eigenvalue weighted by molar-refractivity contribution is -0.0267. The summed E-state index contributed by atoms with van der Waals surface area (Å²) in [6.07, 6.45) is 1.73. The van der Waals surface area contributed by atoms with Crippen LogP contribution in [0.5, 0.6) is 0 Å². The van der Waals surface area contributed by atoms with Crippen LogP contribution in [0.15, 0.2) is 42.6 Å². The number of likely N-dealkylation sites (N-methyl/N-ethyl adjacent to an activating group) is 1. The second-order valence-electron chi connectivity index (χ2n) is 5.78. The minimum atomic E-state index is -0.146. The zero-order valence-corrected chi connectivity index (χ0v) is 13.2. The summed E-state index contributed by atoms with van der Waals surface area (Å²) in [5.74, 6) is 0.676. The van der Waals surface area contributed by atoms with Crippen LogP contribution in [0.3, 0.4) is 0 Å². The highest BCUT2D eigenvalue weighted by Gasteiger charge is 2.23. The molecule has 0 aliphatic carbocycles. The van der Waals surface area contributed by atoms with Gasteiger partial charge in [-0.05, 0) is 18.2 Å². The van der Waals surface area contributed by atoms with E-state index in [1.807, 2.05) is 36.2 Å². The Hall–Kier alpha value is -2.05. The number of morpholine rings is 1. The van der Waals surface area contributed by atoms with E-state index in [1.54, 1.807) is 12.3 Å². The number of hydrogen-bond donors (Lipinski definition) is 0. The summed E-state index contributed by atoms with van der Waals surface area (Å²) < 4.78 is 19.6. The van der Waals surface area contributed by atoms with E-state index in [2.05, 4.69) is 15.1 Å². The first kappa shape index (κ1) is 15.8. The zero-order chi connectivity index (χ0) is 16.1. The number of rotatable bonds is 5.